The van der Waals surface area contributed by atoms with Gasteiger partial charge in [0.15, 0.2) is 0 Å². The molecular formula is C10H13N3O4. The summed E-state index contributed by atoms with van der Waals surface area (Å²) in [5.41, 5.74) is -0.800. The molecule has 0 unspecified atom stereocenters. The van der Waals surface area contributed by atoms with E-state index in [1.807, 2.05) is 0 Å². The second kappa shape index (κ2) is 4.96. The lowest BCUT2D eigenvalue weighted by Crippen LogP contribution is -2.44. The molecule has 1 aromatic heterocycles. The summed E-state index contributed by atoms with van der Waals surface area (Å²) in [5.74, 6) is -0.197. The van der Waals surface area contributed by atoms with E-state index in [0.29, 0.717) is 26.3 Å². The molecule has 7 heteroatoms. The maximum Gasteiger partial charge on any atom is 0.265 e. The summed E-state index contributed by atoms with van der Waals surface area (Å²) in [4.78, 5) is 35.9. The van der Waals surface area contributed by atoms with Crippen molar-refractivity contribution < 1.29 is 9.53 Å². The highest BCUT2D eigenvalue weighted by molar-refractivity contribution is 5.75. The van der Waals surface area contributed by atoms with Crippen molar-refractivity contribution in [2.24, 2.45) is 0 Å². The van der Waals surface area contributed by atoms with E-state index in [1.165, 1.54) is 0 Å². The Morgan fingerprint density at radius 2 is 2.00 bits per heavy atom. The number of amides is 1. The van der Waals surface area contributed by atoms with Gasteiger partial charge in [-0.2, -0.15) is 0 Å². The van der Waals surface area contributed by atoms with E-state index in [-0.39, 0.29) is 12.5 Å². The predicted octanol–water partition coefficient (Wildman–Crippen LogP) is -1.60. The van der Waals surface area contributed by atoms with Crippen molar-refractivity contribution in [1.82, 2.24) is 14.7 Å². The molecule has 0 aliphatic carbocycles. The van der Waals surface area contributed by atoms with Crippen LogP contribution in [0.5, 0.6) is 0 Å². The predicted molar refractivity (Wildman–Crippen MR) is 58.7 cm³/mol. The number of morpholine rings is 1. The van der Waals surface area contributed by atoms with Crippen molar-refractivity contribution >= 4 is 5.91 Å². The minimum atomic E-state index is -0.403. The summed E-state index contributed by atoms with van der Waals surface area (Å²) in [7, 11) is 0. The van der Waals surface area contributed by atoms with Crippen LogP contribution in [0.15, 0.2) is 21.7 Å². The number of ether oxygens (including phenoxy) is 1. The highest BCUT2D eigenvalue weighted by Gasteiger charge is 2.17. The Labute approximate surface area is 96.6 Å². The maximum atomic E-state index is 11.8. The Morgan fingerprint density at radius 1 is 1.29 bits per heavy atom. The number of nitrogens with zero attached hydrogens (tertiary/aromatic N) is 2. The molecule has 1 N–H and O–H groups in total. The molecule has 0 radical (unpaired) electrons. The van der Waals surface area contributed by atoms with E-state index in [0.717, 1.165) is 16.8 Å². The lowest BCUT2D eigenvalue weighted by atomic mass is 10.4. The molecule has 1 aromatic rings. The number of hydrogen-bond donors (Lipinski definition) is 1. The van der Waals surface area contributed by atoms with Gasteiger partial charge < -0.3 is 9.64 Å². The monoisotopic (exact) mass is 239 g/mol. The summed E-state index contributed by atoms with van der Waals surface area (Å²) in [5, 5.41) is 2.32. The standard InChI is InChI=1S/C10H13N3O4/c14-8-1-2-9(15)13(11-8)7-10(16)12-3-5-17-6-4-12/h1-2H,3-7H2,(H,11,14). The maximum absolute atomic E-state index is 11.8. The summed E-state index contributed by atoms with van der Waals surface area (Å²) < 4.78 is 6.14. The SMILES string of the molecule is O=C(Cn1[nH]c(=O)ccc1=O)N1CCOCC1. The molecule has 0 spiro atoms. The van der Waals surface area contributed by atoms with Gasteiger partial charge in [-0.25, -0.2) is 4.68 Å². The van der Waals surface area contributed by atoms with Crippen LogP contribution in [0.3, 0.4) is 0 Å². The van der Waals surface area contributed by atoms with Crippen molar-refractivity contribution in [2.75, 3.05) is 26.3 Å². The lowest BCUT2D eigenvalue weighted by molar-refractivity contribution is -0.136. The van der Waals surface area contributed by atoms with Gasteiger partial charge in [0, 0.05) is 25.2 Å². The van der Waals surface area contributed by atoms with Crippen LogP contribution in [0.2, 0.25) is 0 Å². The fourth-order valence-corrected chi connectivity index (χ4v) is 1.63. The van der Waals surface area contributed by atoms with E-state index < -0.39 is 11.1 Å². The average Bonchev–Trinajstić information content (AvgIpc) is 2.35. The van der Waals surface area contributed by atoms with Crippen LogP contribution in [0.4, 0.5) is 0 Å². The van der Waals surface area contributed by atoms with Crippen LogP contribution in [-0.2, 0) is 16.1 Å². The van der Waals surface area contributed by atoms with E-state index in [2.05, 4.69) is 5.10 Å². The summed E-state index contributed by atoms with van der Waals surface area (Å²) >= 11 is 0. The minimum Gasteiger partial charge on any atom is -0.378 e. The highest BCUT2D eigenvalue weighted by atomic mass is 16.5. The Hall–Kier alpha value is -1.89. The number of rotatable bonds is 2. The number of H-pyrrole nitrogens is 1. The van der Waals surface area contributed by atoms with Gasteiger partial charge in [-0.1, -0.05) is 0 Å². The van der Waals surface area contributed by atoms with Crippen molar-refractivity contribution in [3.63, 3.8) is 0 Å². The van der Waals surface area contributed by atoms with E-state index in [4.69, 9.17) is 4.74 Å². The van der Waals surface area contributed by atoms with Gasteiger partial charge in [0.1, 0.15) is 6.54 Å². The van der Waals surface area contributed by atoms with E-state index in [1.54, 1.807) is 4.90 Å². The molecule has 1 aliphatic rings. The first-order valence-electron chi connectivity index (χ1n) is 5.32. The van der Waals surface area contributed by atoms with Crippen molar-refractivity contribution in [2.45, 2.75) is 6.54 Å². The average molecular weight is 239 g/mol. The fourth-order valence-electron chi connectivity index (χ4n) is 1.63. The number of aromatic nitrogens is 2. The summed E-state index contributed by atoms with van der Waals surface area (Å²) in [6.45, 7) is 1.90. The van der Waals surface area contributed by atoms with Gasteiger partial charge in [0.05, 0.1) is 13.2 Å². The summed E-state index contributed by atoms with van der Waals surface area (Å²) in [6, 6.07) is 2.28. The van der Waals surface area contributed by atoms with Crippen molar-refractivity contribution in [3.8, 4) is 0 Å². The molecule has 2 rings (SSSR count). The molecule has 0 bridgehead atoms. The van der Waals surface area contributed by atoms with Crippen LogP contribution in [-0.4, -0.2) is 46.9 Å². The zero-order valence-corrected chi connectivity index (χ0v) is 9.22. The Balaban J connectivity index is 2.09. The largest absolute Gasteiger partial charge is 0.378 e. The molecule has 0 aromatic carbocycles. The van der Waals surface area contributed by atoms with Crippen LogP contribution < -0.4 is 11.1 Å². The van der Waals surface area contributed by atoms with E-state index in [9.17, 15) is 14.4 Å². The second-order valence-electron chi connectivity index (χ2n) is 3.73. The van der Waals surface area contributed by atoms with Gasteiger partial charge in [-0.05, 0) is 0 Å². The molecule has 0 atom stereocenters. The van der Waals surface area contributed by atoms with Crippen LogP contribution in [0, 0.1) is 0 Å². The molecule has 1 amide bonds. The smallest absolute Gasteiger partial charge is 0.265 e. The van der Waals surface area contributed by atoms with Gasteiger partial charge in [0.2, 0.25) is 5.91 Å². The lowest BCUT2D eigenvalue weighted by Gasteiger charge is -2.26. The zero-order valence-electron chi connectivity index (χ0n) is 9.22. The first-order valence-corrected chi connectivity index (χ1v) is 5.32. The van der Waals surface area contributed by atoms with E-state index >= 15 is 0 Å². The number of carbonyl (C=O) groups excluding carboxylic acids is 1. The normalized spacial score (nSPS) is 15.9. The molecule has 1 fully saturated rings. The first-order chi connectivity index (χ1) is 8.16. The van der Waals surface area contributed by atoms with Gasteiger partial charge in [-0.3, -0.25) is 19.5 Å². The Kier molecular flexibility index (Phi) is 3.38. The third kappa shape index (κ3) is 2.82. The molecule has 0 saturated carbocycles. The molecule has 92 valence electrons. The number of hydrogen-bond acceptors (Lipinski definition) is 4. The fraction of sp³-hybridized carbons (Fsp3) is 0.500. The minimum absolute atomic E-state index is 0.144. The topological polar surface area (TPSA) is 84.4 Å². The number of carbonyl (C=O) groups is 1. The number of aromatic amines is 1. The van der Waals surface area contributed by atoms with Gasteiger partial charge in [0.25, 0.3) is 11.1 Å². The van der Waals surface area contributed by atoms with Gasteiger partial charge in [-0.15, -0.1) is 0 Å². The van der Waals surface area contributed by atoms with Crippen LogP contribution in [0.25, 0.3) is 0 Å². The van der Waals surface area contributed by atoms with Crippen molar-refractivity contribution in [1.29, 1.82) is 0 Å². The molecule has 2 heterocycles. The first kappa shape index (κ1) is 11.6. The summed E-state index contributed by atoms with van der Waals surface area (Å²) in [6.07, 6.45) is 0. The quantitative estimate of drug-likeness (QED) is 0.673. The molecule has 1 saturated heterocycles. The third-order valence-electron chi connectivity index (χ3n) is 2.55. The molecule has 7 nitrogen and oxygen atoms in total. The van der Waals surface area contributed by atoms with Crippen LogP contribution in [0.1, 0.15) is 0 Å². The zero-order chi connectivity index (χ0) is 12.3. The Bertz CT molecular complexity index is 513. The second-order valence-corrected chi connectivity index (χ2v) is 3.73. The number of nitrogens with one attached hydrogen (secondary N) is 1. The molecule has 17 heavy (non-hydrogen) atoms. The Morgan fingerprint density at radius 3 is 2.71 bits per heavy atom. The molecule has 1 aliphatic heterocycles. The van der Waals surface area contributed by atoms with Crippen LogP contribution >= 0.6 is 0 Å². The highest BCUT2D eigenvalue weighted by Crippen LogP contribution is 1.97. The van der Waals surface area contributed by atoms with Crippen molar-refractivity contribution in [3.05, 3.63) is 32.8 Å². The van der Waals surface area contributed by atoms with Gasteiger partial charge >= 0.3 is 0 Å². The third-order valence-corrected chi connectivity index (χ3v) is 2.55. The molecular weight excluding hydrogens is 226 g/mol.